The van der Waals surface area contributed by atoms with Gasteiger partial charge in [-0.05, 0) is 47.3 Å². The van der Waals surface area contributed by atoms with Gasteiger partial charge >= 0.3 is 0 Å². The van der Waals surface area contributed by atoms with Gasteiger partial charge in [0.15, 0.2) is 0 Å². The summed E-state index contributed by atoms with van der Waals surface area (Å²) >= 11 is 0. The van der Waals surface area contributed by atoms with Crippen LogP contribution in [0.15, 0.2) is 36.4 Å². The molecule has 0 aliphatic heterocycles. The van der Waals surface area contributed by atoms with Crippen molar-refractivity contribution in [1.29, 1.82) is 0 Å². The van der Waals surface area contributed by atoms with Gasteiger partial charge in [0.1, 0.15) is 0 Å². The van der Waals surface area contributed by atoms with Gasteiger partial charge in [0, 0.05) is 14.2 Å². The lowest BCUT2D eigenvalue weighted by Gasteiger charge is -2.26. The first-order valence-corrected chi connectivity index (χ1v) is 12.8. The van der Waals surface area contributed by atoms with E-state index in [4.69, 9.17) is 8.85 Å². The Kier molecular flexibility index (Phi) is 4.20. The van der Waals surface area contributed by atoms with Crippen LogP contribution < -0.4 is 10.4 Å². The Morgan fingerprint density at radius 1 is 0.650 bits per heavy atom. The summed E-state index contributed by atoms with van der Waals surface area (Å²) in [7, 11) is -0.0265. The van der Waals surface area contributed by atoms with E-state index in [-0.39, 0.29) is 0 Å². The van der Waals surface area contributed by atoms with E-state index in [0.29, 0.717) is 0 Å². The van der Waals surface area contributed by atoms with Gasteiger partial charge in [0.05, 0.1) is 0 Å². The fraction of sp³-hybridized carbons (Fsp3) is 0.375. The Hall–Kier alpha value is -0.946. The highest BCUT2D eigenvalue weighted by Crippen LogP contribution is 2.18. The molecule has 0 aromatic heterocycles. The highest BCUT2D eigenvalue weighted by atomic mass is 28.4. The summed E-state index contributed by atoms with van der Waals surface area (Å²) in [6.07, 6.45) is 0. The third-order valence-corrected chi connectivity index (χ3v) is 9.75. The van der Waals surface area contributed by atoms with E-state index >= 15 is 0 Å². The van der Waals surface area contributed by atoms with Gasteiger partial charge in [-0.25, -0.2) is 0 Å². The van der Waals surface area contributed by atoms with E-state index in [9.17, 15) is 0 Å². The molecule has 2 rings (SSSR count). The van der Waals surface area contributed by atoms with Gasteiger partial charge in [0.25, 0.3) is 0 Å². The summed E-state index contributed by atoms with van der Waals surface area (Å²) in [4.78, 5) is 0. The zero-order valence-electron chi connectivity index (χ0n) is 13.3. The molecule has 0 saturated carbocycles. The van der Waals surface area contributed by atoms with Crippen molar-refractivity contribution in [3.8, 4) is 0 Å². The lowest BCUT2D eigenvalue weighted by molar-refractivity contribution is 0.416. The van der Waals surface area contributed by atoms with Crippen LogP contribution in [-0.4, -0.2) is 30.9 Å². The maximum Gasteiger partial charge on any atom is 0.218 e. The lowest BCUT2D eigenvalue weighted by atomic mass is 10.1. The largest absolute Gasteiger partial charge is 0.416 e. The number of rotatable bonds is 4. The van der Waals surface area contributed by atoms with Crippen molar-refractivity contribution in [3.05, 3.63) is 36.4 Å². The van der Waals surface area contributed by atoms with Gasteiger partial charge in [-0.2, -0.15) is 0 Å². The van der Waals surface area contributed by atoms with Crippen molar-refractivity contribution in [1.82, 2.24) is 0 Å². The molecule has 0 amide bonds. The molecule has 0 bridgehead atoms. The van der Waals surface area contributed by atoms with Gasteiger partial charge in [-0.1, -0.05) is 36.4 Å². The van der Waals surface area contributed by atoms with Gasteiger partial charge < -0.3 is 8.85 Å². The third kappa shape index (κ3) is 2.61. The Morgan fingerprint density at radius 2 is 1.00 bits per heavy atom. The van der Waals surface area contributed by atoms with Crippen molar-refractivity contribution in [2.75, 3.05) is 14.2 Å². The molecular weight excluding hydrogens is 280 g/mol. The van der Waals surface area contributed by atoms with Crippen LogP contribution in [0.1, 0.15) is 0 Å². The van der Waals surface area contributed by atoms with Crippen molar-refractivity contribution in [3.63, 3.8) is 0 Å². The summed E-state index contributed by atoms with van der Waals surface area (Å²) in [5, 5.41) is 5.36. The SMILES string of the molecule is CO[Si](C)(C)c1cccc2c([Si](C)(C)OC)cccc12. The molecule has 0 fully saturated rings. The van der Waals surface area contributed by atoms with Crippen LogP contribution in [0.25, 0.3) is 10.8 Å². The molecule has 0 N–H and O–H groups in total. The molecule has 0 radical (unpaired) electrons. The zero-order valence-corrected chi connectivity index (χ0v) is 15.3. The first kappa shape index (κ1) is 15.4. The third-order valence-electron chi connectivity index (χ3n) is 4.24. The van der Waals surface area contributed by atoms with Crippen LogP contribution in [0, 0.1) is 0 Å². The molecule has 2 aromatic rings. The van der Waals surface area contributed by atoms with Crippen molar-refractivity contribution >= 4 is 37.8 Å². The second-order valence-corrected chi connectivity index (χ2v) is 14.1. The van der Waals surface area contributed by atoms with E-state index in [1.54, 1.807) is 0 Å². The first-order chi connectivity index (χ1) is 9.33. The maximum atomic E-state index is 5.80. The topological polar surface area (TPSA) is 18.5 Å². The zero-order chi connectivity index (χ0) is 15.0. The van der Waals surface area contributed by atoms with Crippen LogP contribution in [0.3, 0.4) is 0 Å². The van der Waals surface area contributed by atoms with E-state index in [1.165, 1.54) is 21.1 Å². The van der Waals surface area contributed by atoms with Gasteiger partial charge in [-0.15, -0.1) is 0 Å². The second kappa shape index (κ2) is 5.44. The molecule has 20 heavy (non-hydrogen) atoms. The molecule has 0 heterocycles. The lowest BCUT2D eigenvalue weighted by Crippen LogP contribution is -2.47. The van der Waals surface area contributed by atoms with Crippen LogP contribution in [0.4, 0.5) is 0 Å². The minimum Gasteiger partial charge on any atom is -0.416 e. The molecule has 0 aliphatic rings. The number of benzene rings is 2. The first-order valence-electron chi connectivity index (χ1n) is 6.96. The Morgan fingerprint density at radius 3 is 1.30 bits per heavy atom. The van der Waals surface area contributed by atoms with E-state index in [2.05, 4.69) is 62.6 Å². The maximum absolute atomic E-state index is 5.80. The highest BCUT2D eigenvalue weighted by molar-refractivity contribution is 6.88. The molecule has 0 atom stereocenters. The quantitative estimate of drug-likeness (QED) is 0.809. The normalized spacial score (nSPS) is 12.9. The van der Waals surface area contributed by atoms with E-state index < -0.39 is 16.6 Å². The molecule has 2 aromatic carbocycles. The molecule has 0 spiro atoms. The predicted molar refractivity (Wildman–Crippen MR) is 92.2 cm³/mol. The fourth-order valence-corrected chi connectivity index (χ4v) is 5.75. The van der Waals surface area contributed by atoms with Crippen molar-refractivity contribution < 1.29 is 8.85 Å². The summed E-state index contributed by atoms with van der Waals surface area (Å²) in [5.74, 6) is 0. The molecule has 4 heteroatoms. The Balaban J connectivity index is 2.77. The van der Waals surface area contributed by atoms with E-state index in [1.807, 2.05) is 14.2 Å². The molecule has 2 nitrogen and oxygen atoms in total. The molecule has 0 saturated heterocycles. The average Bonchev–Trinajstić information content (AvgIpc) is 2.45. The van der Waals surface area contributed by atoms with Gasteiger partial charge in [-0.3, -0.25) is 0 Å². The minimum absolute atomic E-state index is 1.32. The number of fused-ring (bicyclic) bond motifs is 1. The average molecular weight is 305 g/mol. The smallest absolute Gasteiger partial charge is 0.218 e. The van der Waals surface area contributed by atoms with Crippen LogP contribution >= 0.6 is 0 Å². The predicted octanol–water partition coefficient (Wildman–Crippen LogP) is 2.96. The monoisotopic (exact) mass is 304 g/mol. The van der Waals surface area contributed by atoms with E-state index in [0.717, 1.165) is 0 Å². The minimum atomic E-state index is -1.84. The Bertz CT molecular complexity index is 566. The summed E-state index contributed by atoms with van der Waals surface area (Å²) in [6, 6.07) is 13.1. The summed E-state index contributed by atoms with van der Waals surface area (Å²) in [5.41, 5.74) is 0. The highest BCUT2D eigenvalue weighted by Gasteiger charge is 2.29. The van der Waals surface area contributed by atoms with Gasteiger partial charge in [0.2, 0.25) is 16.6 Å². The second-order valence-electron chi connectivity index (χ2n) is 6.14. The summed E-state index contributed by atoms with van der Waals surface area (Å²) in [6.45, 7) is 8.97. The molecule has 108 valence electrons. The fourth-order valence-electron chi connectivity index (χ4n) is 2.58. The molecule has 0 unspecified atom stereocenters. The number of hydrogen-bond acceptors (Lipinski definition) is 2. The van der Waals surface area contributed by atoms with Crippen LogP contribution in [-0.2, 0) is 8.85 Å². The van der Waals surface area contributed by atoms with Crippen LogP contribution in [0.5, 0.6) is 0 Å². The van der Waals surface area contributed by atoms with Crippen molar-refractivity contribution in [2.45, 2.75) is 26.2 Å². The van der Waals surface area contributed by atoms with Crippen molar-refractivity contribution in [2.24, 2.45) is 0 Å². The molecular formula is C16H24O2Si2. The standard InChI is InChI=1S/C16H24O2Si2/c1-17-19(3,4)15-11-7-10-14-13(15)9-8-12-16(14)20(5,6)18-2/h7-12H,1-6H3. The summed E-state index contributed by atoms with van der Waals surface area (Å²) < 4.78 is 11.6. The van der Waals surface area contributed by atoms with Crippen LogP contribution in [0.2, 0.25) is 26.2 Å². The Labute approximate surface area is 124 Å². The number of hydrogen-bond donors (Lipinski definition) is 0. The molecule has 0 aliphatic carbocycles.